The average molecular weight is 280 g/mol. The standard InChI is InChI=1S/C17H28OS/c1-6-7-10-19-12-15-9-8-14(4)17(5,16(15)18)11-13(2)3/h12,14H,2,6-11H2,1,3-5H3/b15-12+/t14-,17+/m0/s1. The zero-order valence-corrected chi connectivity index (χ0v) is 13.7. The van der Waals surface area contributed by atoms with Crippen molar-refractivity contribution in [3.8, 4) is 0 Å². The Balaban J connectivity index is 2.77. The molecule has 1 saturated carbocycles. The van der Waals surface area contributed by atoms with Gasteiger partial charge in [-0.3, -0.25) is 4.79 Å². The number of ketones is 1. The van der Waals surface area contributed by atoms with E-state index in [1.807, 2.05) is 6.92 Å². The van der Waals surface area contributed by atoms with Crippen LogP contribution in [0.5, 0.6) is 0 Å². The molecule has 0 unspecified atom stereocenters. The summed E-state index contributed by atoms with van der Waals surface area (Å²) >= 11 is 1.80. The second kappa shape index (κ2) is 7.33. The number of unbranched alkanes of at least 4 members (excludes halogenated alkanes) is 1. The Labute approximate surface area is 122 Å². The topological polar surface area (TPSA) is 17.1 Å². The van der Waals surface area contributed by atoms with Crippen molar-refractivity contribution in [2.75, 3.05) is 5.75 Å². The summed E-state index contributed by atoms with van der Waals surface area (Å²) in [5, 5.41) is 2.13. The van der Waals surface area contributed by atoms with E-state index in [0.29, 0.717) is 11.7 Å². The van der Waals surface area contributed by atoms with Gasteiger partial charge in [0.15, 0.2) is 5.78 Å². The zero-order valence-electron chi connectivity index (χ0n) is 12.9. The molecule has 0 saturated heterocycles. The molecule has 108 valence electrons. The van der Waals surface area contributed by atoms with Gasteiger partial charge in [0.2, 0.25) is 0 Å². The minimum Gasteiger partial charge on any atom is -0.294 e. The lowest BCUT2D eigenvalue weighted by molar-refractivity contribution is -0.128. The van der Waals surface area contributed by atoms with Crippen molar-refractivity contribution in [1.82, 2.24) is 0 Å². The number of rotatable bonds is 6. The first-order chi connectivity index (χ1) is 8.91. The molecule has 0 aromatic heterocycles. The molecule has 0 amide bonds. The summed E-state index contributed by atoms with van der Waals surface area (Å²) in [7, 11) is 0. The Kier molecular flexibility index (Phi) is 6.38. The molecule has 0 aliphatic heterocycles. The second-order valence-electron chi connectivity index (χ2n) is 6.19. The number of carbonyl (C=O) groups excluding carboxylic acids is 1. The van der Waals surface area contributed by atoms with Crippen molar-refractivity contribution in [2.24, 2.45) is 11.3 Å². The predicted octanol–water partition coefficient (Wildman–Crippen LogP) is 5.38. The van der Waals surface area contributed by atoms with Crippen LogP contribution in [0.2, 0.25) is 0 Å². The maximum atomic E-state index is 12.7. The number of allylic oxidation sites excluding steroid dienone is 2. The first kappa shape index (κ1) is 16.6. The summed E-state index contributed by atoms with van der Waals surface area (Å²) in [5.74, 6) is 1.94. The van der Waals surface area contributed by atoms with Gasteiger partial charge in [-0.05, 0) is 49.7 Å². The Hall–Kier alpha value is -0.500. The SMILES string of the molecule is C=C(C)C[C@@]1(C)C(=O)/C(=C/SCCCC)CC[C@@H]1C. The molecular formula is C17H28OS. The van der Waals surface area contributed by atoms with Crippen LogP contribution in [-0.2, 0) is 4.79 Å². The summed E-state index contributed by atoms with van der Waals surface area (Å²) in [4.78, 5) is 12.7. The minimum atomic E-state index is -0.235. The normalized spacial score (nSPS) is 29.8. The lowest BCUT2D eigenvalue weighted by Gasteiger charge is -2.39. The van der Waals surface area contributed by atoms with Crippen LogP contribution < -0.4 is 0 Å². The van der Waals surface area contributed by atoms with Gasteiger partial charge in [0.25, 0.3) is 0 Å². The van der Waals surface area contributed by atoms with Crippen LogP contribution in [0.3, 0.4) is 0 Å². The van der Waals surface area contributed by atoms with Crippen molar-refractivity contribution in [3.05, 3.63) is 23.1 Å². The van der Waals surface area contributed by atoms with Crippen LogP contribution in [0.15, 0.2) is 23.1 Å². The maximum Gasteiger partial charge on any atom is 0.165 e. The van der Waals surface area contributed by atoms with E-state index in [-0.39, 0.29) is 5.41 Å². The molecule has 19 heavy (non-hydrogen) atoms. The highest BCUT2D eigenvalue weighted by atomic mass is 32.2. The molecule has 0 aromatic rings. The summed E-state index contributed by atoms with van der Waals surface area (Å²) < 4.78 is 0. The van der Waals surface area contributed by atoms with E-state index >= 15 is 0 Å². The van der Waals surface area contributed by atoms with Gasteiger partial charge in [-0.2, -0.15) is 0 Å². The molecule has 2 heteroatoms. The van der Waals surface area contributed by atoms with Crippen molar-refractivity contribution >= 4 is 17.5 Å². The molecule has 2 atom stereocenters. The number of thioether (sulfide) groups is 1. The molecule has 0 heterocycles. The van der Waals surface area contributed by atoms with Crippen LogP contribution >= 0.6 is 11.8 Å². The molecule has 1 rings (SSSR count). The molecule has 1 nitrogen and oxygen atoms in total. The quantitative estimate of drug-likeness (QED) is 0.369. The summed E-state index contributed by atoms with van der Waals surface area (Å²) in [5.41, 5.74) is 1.92. The van der Waals surface area contributed by atoms with Crippen LogP contribution in [0.1, 0.15) is 59.8 Å². The fourth-order valence-electron chi connectivity index (χ4n) is 2.78. The van der Waals surface area contributed by atoms with Crippen LogP contribution in [0.25, 0.3) is 0 Å². The Morgan fingerprint density at radius 1 is 1.58 bits per heavy atom. The molecular weight excluding hydrogens is 252 g/mol. The van der Waals surface area contributed by atoms with Crippen LogP contribution in [0, 0.1) is 11.3 Å². The number of Topliss-reactive ketones (excluding diaryl/α,β-unsaturated/α-hetero) is 1. The third-order valence-electron chi connectivity index (χ3n) is 4.26. The Morgan fingerprint density at radius 2 is 2.26 bits per heavy atom. The van der Waals surface area contributed by atoms with Gasteiger partial charge in [0, 0.05) is 11.0 Å². The lowest BCUT2D eigenvalue weighted by Crippen LogP contribution is -2.39. The predicted molar refractivity (Wildman–Crippen MR) is 86.4 cm³/mol. The molecule has 0 N–H and O–H groups in total. The molecule has 0 spiro atoms. The van der Waals surface area contributed by atoms with Gasteiger partial charge in [0.1, 0.15) is 0 Å². The monoisotopic (exact) mass is 280 g/mol. The zero-order chi connectivity index (χ0) is 14.5. The van der Waals surface area contributed by atoms with Gasteiger partial charge >= 0.3 is 0 Å². The van der Waals surface area contributed by atoms with Crippen molar-refractivity contribution < 1.29 is 4.79 Å². The van der Waals surface area contributed by atoms with Gasteiger partial charge < -0.3 is 0 Å². The smallest absolute Gasteiger partial charge is 0.165 e. The lowest BCUT2D eigenvalue weighted by atomic mass is 9.63. The molecule has 1 aliphatic carbocycles. The fourth-order valence-corrected chi connectivity index (χ4v) is 3.77. The largest absolute Gasteiger partial charge is 0.294 e. The molecule has 1 fully saturated rings. The maximum absolute atomic E-state index is 12.7. The number of hydrogen-bond acceptors (Lipinski definition) is 2. The first-order valence-electron chi connectivity index (χ1n) is 7.41. The minimum absolute atomic E-state index is 0.235. The molecule has 1 aliphatic rings. The Bertz CT molecular complexity index is 369. The van der Waals surface area contributed by atoms with Gasteiger partial charge in [-0.25, -0.2) is 0 Å². The van der Waals surface area contributed by atoms with Gasteiger partial charge in [0.05, 0.1) is 0 Å². The van der Waals surface area contributed by atoms with Gasteiger partial charge in [-0.15, -0.1) is 18.3 Å². The summed E-state index contributed by atoms with van der Waals surface area (Å²) in [6.07, 6.45) is 5.33. The molecule has 0 radical (unpaired) electrons. The third-order valence-corrected chi connectivity index (χ3v) is 5.23. The third kappa shape index (κ3) is 4.24. The Morgan fingerprint density at radius 3 is 2.84 bits per heavy atom. The van der Waals surface area contributed by atoms with Crippen molar-refractivity contribution in [2.45, 2.75) is 59.8 Å². The van der Waals surface area contributed by atoms with E-state index in [9.17, 15) is 4.79 Å². The van der Waals surface area contributed by atoms with E-state index in [4.69, 9.17) is 0 Å². The number of hydrogen-bond donors (Lipinski definition) is 0. The molecule has 0 aromatic carbocycles. The summed E-state index contributed by atoms with van der Waals surface area (Å²) in [6.45, 7) is 12.6. The van der Waals surface area contributed by atoms with Gasteiger partial charge in [-0.1, -0.05) is 32.8 Å². The highest BCUT2D eigenvalue weighted by molar-refractivity contribution is 8.02. The van der Waals surface area contributed by atoms with E-state index in [2.05, 4.69) is 32.8 Å². The van der Waals surface area contributed by atoms with E-state index in [1.165, 1.54) is 12.8 Å². The van der Waals surface area contributed by atoms with E-state index in [1.54, 1.807) is 11.8 Å². The van der Waals surface area contributed by atoms with E-state index in [0.717, 1.165) is 36.2 Å². The van der Waals surface area contributed by atoms with Crippen LogP contribution in [0.4, 0.5) is 0 Å². The highest BCUT2D eigenvalue weighted by Gasteiger charge is 2.42. The first-order valence-corrected chi connectivity index (χ1v) is 8.46. The number of carbonyl (C=O) groups is 1. The van der Waals surface area contributed by atoms with Crippen LogP contribution in [-0.4, -0.2) is 11.5 Å². The highest BCUT2D eigenvalue weighted by Crippen LogP contribution is 2.44. The average Bonchev–Trinajstić information content (AvgIpc) is 2.34. The fraction of sp³-hybridized carbons (Fsp3) is 0.706. The van der Waals surface area contributed by atoms with Crippen molar-refractivity contribution in [1.29, 1.82) is 0 Å². The second-order valence-corrected chi connectivity index (χ2v) is 7.16. The molecule has 0 bridgehead atoms. The summed E-state index contributed by atoms with van der Waals surface area (Å²) in [6, 6.07) is 0. The van der Waals surface area contributed by atoms with E-state index < -0.39 is 0 Å². The van der Waals surface area contributed by atoms with Crippen molar-refractivity contribution in [3.63, 3.8) is 0 Å².